The average Bonchev–Trinajstić information content (AvgIpc) is 3.22. The Morgan fingerprint density at radius 2 is 2.10 bits per heavy atom. The highest BCUT2D eigenvalue weighted by Gasteiger charge is 2.43. The van der Waals surface area contributed by atoms with Crippen LogP contribution in [0.15, 0.2) is 46.9 Å². The summed E-state index contributed by atoms with van der Waals surface area (Å²) in [5.41, 5.74) is 0.743. The molecule has 1 aromatic carbocycles. The van der Waals surface area contributed by atoms with Crippen LogP contribution in [0.25, 0.3) is 11.0 Å². The van der Waals surface area contributed by atoms with Crippen molar-refractivity contribution in [3.05, 3.63) is 48.2 Å². The van der Waals surface area contributed by atoms with Crippen molar-refractivity contribution in [1.29, 1.82) is 0 Å². The maximum absolute atomic E-state index is 10.7. The predicted molar refractivity (Wildman–Crippen MR) is 112 cm³/mol. The first kappa shape index (κ1) is 21.1. The Morgan fingerprint density at radius 3 is 2.90 bits per heavy atom. The number of aliphatic hydroxyl groups is 2. The zero-order valence-electron chi connectivity index (χ0n) is 17.0. The summed E-state index contributed by atoms with van der Waals surface area (Å²) in [6.07, 6.45) is 6.55. The Labute approximate surface area is 176 Å². The summed E-state index contributed by atoms with van der Waals surface area (Å²) in [5.74, 6) is 0.262. The van der Waals surface area contributed by atoms with E-state index in [1.54, 1.807) is 6.08 Å². The second-order valence-electron chi connectivity index (χ2n) is 8.66. The highest BCUT2D eigenvalue weighted by molar-refractivity contribution is 5.77. The fraction of sp³-hybridized carbons (Fsp3) is 0.542. The molecule has 6 heteroatoms. The summed E-state index contributed by atoms with van der Waals surface area (Å²) >= 11 is 0. The molecule has 0 amide bonds. The van der Waals surface area contributed by atoms with Crippen molar-refractivity contribution in [3.8, 4) is 0 Å². The Hall–Kier alpha value is -2.15. The SMILES string of the molecule is O=C(O)CCC[C@H]1CC[C@@H]2[C@@H](/C=C/[C@@H](O)c3cc4ccccc4o3)[C@H](O)C[C@@H]2OC1. The molecule has 1 aromatic heterocycles. The van der Waals surface area contributed by atoms with Gasteiger partial charge in [0.15, 0.2) is 0 Å². The van der Waals surface area contributed by atoms with Crippen LogP contribution in [0.5, 0.6) is 0 Å². The van der Waals surface area contributed by atoms with Crippen molar-refractivity contribution in [1.82, 2.24) is 0 Å². The lowest BCUT2D eigenvalue weighted by Gasteiger charge is -2.21. The normalized spacial score (nSPS) is 30.4. The van der Waals surface area contributed by atoms with E-state index in [0.717, 1.165) is 30.2 Å². The minimum Gasteiger partial charge on any atom is -0.481 e. The second-order valence-corrected chi connectivity index (χ2v) is 8.66. The number of fused-ring (bicyclic) bond motifs is 2. The highest BCUT2D eigenvalue weighted by atomic mass is 16.5. The molecule has 2 fully saturated rings. The summed E-state index contributed by atoms with van der Waals surface area (Å²) in [6.45, 7) is 0.631. The van der Waals surface area contributed by atoms with E-state index in [1.165, 1.54) is 0 Å². The number of carboxylic acids is 1. The van der Waals surface area contributed by atoms with Crippen LogP contribution in [0.1, 0.15) is 50.4 Å². The van der Waals surface area contributed by atoms with E-state index in [1.807, 2.05) is 36.4 Å². The number of carbonyl (C=O) groups is 1. The van der Waals surface area contributed by atoms with Gasteiger partial charge in [0, 0.05) is 30.8 Å². The van der Waals surface area contributed by atoms with Crippen molar-refractivity contribution in [2.45, 2.75) is 56.8 Å². The van der Waals surface area contributed by atoms with Gasteiger partial charge in [-0.15, -0.1) is 0 Å². The Bertz CT molecular complexity index is 854. The third-order valence-corrected chi connectivity index (χ3v) is 6.60. The number of rotatable bonds is 7. The largest absolute Gasteiger partial charge is 0.481 e. The van der Waals surface area contributed by atoms with Crippen LogP contribution in [0.3, 0.4) is 0 Å². The van der Waals surface area contributed by atoms with Gasteiger partial charge >= 0.3 is 5.97 Å². The molecule has 4 rings (SSSR count). The summed E-state index contributed by atoms with van der Waals surface area (Å²) in [7, 11) is 0. The molecule has 2 aromatic rings. The molecule has 162 valence electrons. The molecule has 6 atom stereocenters. The fourth-order valence-electron chi connectivity index (χ4n) is 4.96. The standard InChI is InChI=1S/C24H30O6/c25-19(23-12-16-5-1-2-6-21(16)30-23)11-10-17-18-9-8-15(4-3-7-24(27)28)14-29-22(18)13-20(17)26/h1-2,5-6,10-12,15,17-20,22,25-26H,3-4,7-9,13-14H2,(H,27,28)/b11-10+/t15-,17+,18+,19+,20+,22-/m0/s1. The minimum absolute atomic E-state index is 0.0162. The van der Waals surface area contributed by atoms with Crippen LogP contribution >= 0.6 is 0 Å². The van der Waals surface area contributed by atoms with E-state index in [4.69, 9.17) is 14.3 Å². The first-order chi connectivity index (χ1) is 14.5. The van der Waals surface area contributed by atoms with Gasteiger partial charge in [-0.2, -0.15) is 0 Å². The number of ether oxygens (including phenoxy) is 1. The number of furan rings is 1. The summed E-state index contributed by atoms with van der Waals surface area (Å²) in [5, 5.41) is 30.9. The quantitative estimate of drug-likeness (QED) is 0.591. The predicted octanol–water partition coefficient (Wildman–Crippen LogP) is 4.07. The topological polar surface area (TPSA) is 100 Å². The van der Waals surface area contributed by atoms with Crippen molar-refractivity contribution in [3.63, 3.8) is 0 Å². The second kappa shape index (κ2) is 9.33. The van der Waals surface area contributed by atoms with Gasteiger partial charge < -0.3 is 24.5 Å². The Kier molecular flexibility index (Phi) is 6.56. The van der Waals surface area contributed by atoms with E-state index in [-0.39, 0.29) is 24.4 Å². The molecular weight excluding hydrogens is 384 g/mol. The zero-order valence-corrected chi connectivity index (χ0v) is 17.0. The molecule has 1 aliphatic heterocycles. The third kappa shape index (κ3) is 4.77. The number of carboxylic acid groups (broad SMARTS) is 1. The highest BCUT2D eigenvalue weighted by Crippen LogP contribution is 2.42. The van der Waals surface area contributed by atoms with Gasteiger partial charge in [0.1, 0.15) is 17.4 Å². The van der Waals surface area contributed by atoms with E-state index >= 15 is 0 Å². The van der Waals surface area contributed by atoms with Gasteiger partial charge in [0.05, 0.1) is 12.2 Å². The van der Waals surface area contributed by atoms with Gasteiger partial charge in [-0.3, -0.25) is 4.79 Å². The molecule has 1 aliphatic carbocycles. The van der Waals surface area contributed by atoms with Crippen LogP contribution in [-0.4, -0.2) is 40.1 Å². The van der Waals surface area contributed by atoms with E-state index in [2.05, 4.69) is 0 Å². The first-order valence-electron chi connectivity index (χ1n) is 10.9. The molecule has 2 heterocycles. The van der Waals surface area contributed by atoms with E-state index in [0.29, 0.717) is 31.1 Å². The van der Waals surface area contributed by atoms with Gasteiger partial charge in [0.2, 0.25) is 0 Å². The molecule has 2 aliphatic rings. The number of hydrogen-bond donors (Lipinski definition) is 3. The number of hydrogen-bond acceptors (Lipinski definition) is 5. The fourth-order valence-corrected chi connectivity index (χ4v) is 4.96. The molecule has 30 heavy (non-hydrogen) atoms. The molecule has 0 radical (unpaired) electrons. The maximum atomic E-state index is 10.7. The van der Waals surface area contributed by atoms with Crippen LogP contribution in [0, 0.1) is 17.8 Å². The molecular formula is C24H30O6. The molecule has 1 saturated carbocycles. The third-order valence-electron chi connectivity index (χ3n) is 6.60. The van der Waals surface area contributed by atoms with E-state index in [9.17, 15) is 15.0 Å². The van der Waals surface area contributed by atoms with Gasteiger partial charge in [0.25, 0.3) is 0 Å². The minimum atomic E-state index is -0.862. The lowest BCUT2D eigenvalue weighted by Crippen LogP contribution is -2.21. The van der Waals surface area contributed by atoms with Crippen molar-refractivity contribution in [2.75, 3.05) is 6.61 Å². The van der Waals surface area contributed by atoms with Crippen molar-refractivity contribution in [2.24, 2.45) is 17.8 Å². The molecule has 0 bridgehead atoms. The van der Waals surface area contributed by atoms with Crippen LogP contribution < -0.4 is 0 Å². The molecule has 3 N–H and O–H groups in total. The van der Waals surface area contributed by atoms with Gasteiger partial charge in [-0.1, -0.05) is 30.4 Å². The number of aliphatic carboxylic acids is 1. The average molecular weight is 414 g/mol. The number of para-hydroxylation sites is 1. The molecule has 0 unspecified atom stereocenters. The number of aliphatic hydroxyl groups excluding tert-OH is 2. The maximum Gasteiger partial charge on any atom is 0.303 e. The lowest BCUT2D eigenvalue weighted by molar-refractivity contribution is -0.137. The lowest BCUT2D eigenvalue weighted by atomic mass is 9.86. The molecule has 6 nitrogen and oxygen atoms in total. The van der Waals surface area contributed by atoms with Crippen LogP contribution in [-0.2, 0) is 9.53 Å². The first-order valence-corrected chi connectivity index (χ1v) is 10.9. The monoisotopic (exact) mass is 414 g/mol. The van der Waals surface area contributed by atoms with Gasteiger partial charge in [-0.05, 0) is 49.7 Å². The zero-order chi connectivity index (χ0) is 21.1. The van der Waals surface area contributed by atoms with Crippen LogP contribution in [0.4, 0.5) is 0 Å². The Balaban J connectivity index is 1.38. The summed E-state index contributed by atoms with van der Waals surface area (Å²) < 4.78 is 11.8. The van der Waals surface area contributed by atoms with Gasteiger partial charge in [-0.25, -0.2) is 0 Å². The Morgan fingerprint density at radius 1 is 1.27 bits per heavy atom. The van der Waals surface area contributed by atoms with E-state index < -0.39 is 18.2 Å². The molecule has 0 spiro atoms. The smallest absolute Gasteiger partial charge is 0.303 e. The summed E-state index contributed by atoms with van der Waals surface area (Å²) in [4.78, 5) is 10.7. The summed E-state index contributed by atoms with van der Waals surface area (Å²) in [6, 6.07) is 9.48. The van der Waals surface area contributed by atoms with Crippen LogP contribution in [0.2, 0.25) is 0 Å². The molecule has 1 saturated heterocycles. The number of benzene rings is 1. The van der Waals surface area contributed by atoms with Crippen molar-refractivity contribution < 1.29 is 29.3 Å². The van der Waals surface area contributed by atoms with Crippen molar-refractivity contribution >= 4 is 16.9 Å².